The first-order valence-electron chi connectivity index (χ1n) is 8.43. The predicted molar refractivity (Wildman–Crippen MR) is 107 cm³/mol. The lowest BCUT2D eigenvalue weighted by atomic mass is 10.1. The topological polar surface area (TPSA) is 55.8 Å². The highest BCUT2D eigenvalue weighted by molar-refractivity contribution is 8.18. The normalized spacial score (nSPS) is 15.2. The first-order chi connectivity index (χ1) is 13.5. The van der Waals surface area contributed by atoms with Crippen LogP contribution >= 0.6 is 11.8 Å². The second kappa shape index (κ2) is 8.75. The Bertz CT molecular complexity index is 940. The fourth-order valence-electron chi connectivity index (χ4n) is 2.60. The Morgan fingerprint density at radius 3 is 2.57 bits per heavy atom. The molecule has 1 aliphatic rings. The van der Waals surface area contributed by atoms with Crippen molar-refractivity contribution in [2.24, 2.45) is 0 Å². The van der Waals surface area contributed by atoms with Crippen LogP contribution in [0.1, 0.15) is 11.1 Å². The van der Waals surface area contributed by atoms with E-state index in [2.05, 4.69) is 6.58 Å². The third kappa shape index (κ3) is 4.43. The van der Waals surface area contributed by atoms with Crippen molar-refractivity contribution in [1.29, 1.82) is 0 Å². The van der Waals surface area contributed by atoms with Crippen molar-refractivity contribution in [1.82, 2.24) is 4.90 Å². The number of carbonyl (C=O) groups is 2. The maximum Gasteiger partial charge on any atom is 0.293 e. The maximum absolute atomic E-state index is 13.0. The number of halogens is 1. The van der Waals surface area contributed by atoms with Crippen LogP contribution in [0.5, 0.6) is 11.5 Å². The van der Waals surface area contributed by atoms with Crippen molar-refractivity contribution < 1.29 is 23.5 Å². The minimum absolute atomic E-state index is 0.0972. The standard InChI is InChI=1S/C21H18FNO4S/c1-3-10-27-17-9-6-15(11-18(17)26-2)12-19-20(24)23(21(25)28-19)13-14-4-7-16(22)8-5-14/h3-9,11-12H,1,10,13H2,2H3/b19-12-. The number of imide groups is 1. The molecule has 1 fully saturated rings. The molecule has 0 unspecified atom stereocenters. The number of amides is 2. The lowest BCUT2D eigenvalue weighted by Gasteiger charge is -2.12. The van der Waals surface area contributed by atoms with Crippen LogP contribution < -0.4 is 9.47 Å². The summed E-state index contributed by atoms with van der Waals surface area (Å²) in [7, 11) is 1.52. The molecule has 0 aromatic heterocycles. The summed E-state index contributed by atoms with van der Waals surface area (Å²) in [6.07, 6.45) is 3.26. The van der Waals surface area contributed by atoms with Gasteiger partial charge in [0.05, 0.1) is 18.6 Å². The Hall–Kier alpha value is -3.06. The zero-order valence-corrected chi connectivity index (χ0v) is 16.0. The van der Waals surface area contributed by atoms with Gasteiger partial charge in [-0.15, -0.1) is 0 Å². The summed E-state index contributed by atoms with van der Waals surface area (Å²) in [6.45, 7) is 4.05. The Morgan fingerprint density at radius 2 is 1.89 bits per heavy atom. The number of hydrogen-bond donors (Lipinski definition) is 0. The van der Waals surface area contributed by atoms with Crippen LogP contribution in [0.2, 0.25) is 0 Å². The second-order valence-electron chi connectivity index (χ2n) is 5.90. The van der Waals surface area contributed by atoms with E-state index in [-0.39, 0.29) is 23.5 Å². The van der Waals surface area contributed by atoms with Gasteiger partial charge in [-0.1, -0.05) is 30.9 Å². The van der Waals surface area contributed by atoms with Crippen molar-refractivity contribution in [3.8, 4) is 11.5 Å². The number of benzene rings is 2. The summed E-state index contributed by atoms with van der Waals surface area (Å²) in [4.78, 5) is 26.3. The molecule has 5 nitrogen and oxygen atoms in total. The maximum atomic E-state index is 13.0. The van der Waals surface area contributed by atoms with Gasteiger partial charge in [-0.2, -0.15) is 0 Å². The van der Waals surface area contributed by atoms with Gasteiger partial charge >= 0.3 is 0 Å². The molecule has 2 aromatic carbocycles. The number of ether oxygens (including phenoxy) is 2. The van der Waals surface area contributed by atoms with Gasteiger partial charge in [0.1, 0.15) is 12.4 Å². The van der Waals surface area contributed by atoms with Crippen molar-refractivity contribution in [3.63, 3.8) is 0 Å². The lowest BCUT2D eigenvalue weighted by molar-refractivity contribution is -0.123. The molecule has 28 heavy (non-hydrogen) atoms. The van der Waals surface area contributed by atoms with Crippen LogP contribution in [0.15, 0.2) is 60.0 Å². The zero-order chi connectivity index (χ0) is 20.1. The number of rotatable bonds is 7. The Kier molecular flexibility index (Phi) is 6.16. The Morgan fingerprint density at radius 1 is 1.14 bits per heavy atom. The molecular weight excluding hydrogens is 381 g/mol. The molecule has 7 heteroatoms. The van der Waals surface area contributed by atoms with E-state index in [1.807, 2.05) is 0 Å². The summed E-state index contributed by atoms with van der Waals surface area (Å²) in [6, 6.07) is 10.9. The predicted octanol–water partition coefficient (Wildman–Crippen LogP) is 4.64. The van der Waals surface area contributed by atoms with Crippen LogP contribution in [-0.4, -0.2) is 29.8 Å². The van der Waals surface area contributed by atoms with Crippen LogP contribution in [0.4, 0.5) is 9.18 Å². The minimum Gasteiger partial charge on any atom is -0.493 e. The fraction of sp³-hybridized carbons (Fsp3) is 0.143. The van der Waals surface area contributed by atoms with E-state index in [1.165, 1.54) is 19.2 Å². The highest BCUT2D eigenvalue weighted by Crippen LogP contribution is 2.35. The van der Waals surface area contributed by atoms with E-state index < -0.39 is 0 Å². The summed E-state index contributed by atoms with van der Waals surface area (Å²) in [5.74, 6) is 0.322. The average Bonchev–Trinajstić information content (AvgIpc) is 2.95. The van der Waals surface area contributed by atoms with Crippen LogP contribution in [0.3, 0.4) is 0 Å². The number of thioether (sulfide) groups is 1. The number of carbonyl (C=O) groups excluding carboxylic acids is 2. The number of hydrogen-bond acceptors (Lipinski definition) is 5. The van der Waals surface area contributed by atoms with E-state index in [1.54, 1.807) is 42.5 Å². The molecule has 144 valence electrons. The molecule has 1 heterocycles. The van der Waals surface area contributed by atoms with Crippen molar-refractivity contribution in [3.05, 3.63) is 77.0 Å². The Labute approximate surface area is 166 Å². The summed E-state index contributed by atoms with van der Waals surface area (Å²) in [5, 5.41) is -0.363. The summed E-state index contributed by atoms with van der Waals surface area (Å²) < 4.78 is 23.9. The molecule has 0 spiro atoms. The summed E-state index contributed by atoms with van der Waals surface area (Å²) in [5.41, 5.74) is 1.38. The molecule has 1 saturated heterocycles. The molecule has 0 atom stereocenters. The van der Waals surface area contributed by atoms with Crippen LogP contribution in [0, 0.1) is 5.82 Å². The van der Waals surface area contributed by atoms with Gasteiger partial charge in [-0.05, 0) is 53.2 Å². The van der Waals surface area contributed by atoms with E-state index >= 15 is 0 Å². The van der Waals surface area contributed by atoms with Gasteiger partial charge in [0, 0.05) is 0 Å². The molecule has 0 bridgehead atoms. The summed E-state index contributed by atoms with van der Waals surface area (Å²) >= 11 is 0.870. The van der Waals surface area contributed by atoms with E-state index in [9.17, 15) is 14.0 Å². The first kappa shape index (κ1) is 19.7. The molecule has 2 amide bonds. The van der Waals surface area contributed by atoms with Gasteiger partial charge in [-0.25, -0.2) is 4.39 Å². The van der Waals surface area contributed by atoms with Crippen molar-refractivity contribution in [2.45, 2.75) is 6.54 Å². The highest BCUT2D eigenvalue weighted by atomic mass is 32.2. The molecule has 0 N–H and O–H groups in total. The van der Waals surface area contributed by atoms with E-state index in [4.69, 9.17) is 9.47 Å². The molecule has 0 aliphatic carbocycles. The number of nitrogens with zero attached hydrogens (tertiary/aromatic N) is 1. The zero-order valence-electron chi connectivity index (χ0n) is 15.2. The van der Waals surface area contributed by atoms with Crippen LogP contribution in [0.25, 0.3) is 6.08 Å². The van der Waals surface area contributed by atoms with Gasteiger partial charge < -0.3 is 9.47 Å². The molecular formula is C21H18FNO4S. The fourth-order valence-corrected chi connectivity index (χ4v) is 3.44. The van der Waals surface area contributed by atoms with Gasteiger partial charge in [0.15, 0.2) is 11.5 Å². The third-order valence-electron chi connectivity index (χ3n) is 3.97. The van der Waals surface area contributed by atoms with E-state index in [0.717, 1.165) is 16.7 Å². The van der Waals surface area contributed by atoms with Crippen molar-refractivity contribution in [2.75, 3.05) is 13.7 Å². The van der Waals surface area contributed by atoms with Crippen LogP contribution in [-0.2, 0) is 11.3 Å². The quantitative estimate of drug-likeness (QED) is 0.502. The molecule has 0 radical (unpaired) electrons. The average molecular weight is 399 g/mol. The molecule has 1 aliphatic heterocycles. The molecule has 0 saturated carbocycles. The highest BCUT2D eigenvalue weighted by Gasteiger charge is 2.35. The van der Waals surface area contributed by atoms with Gasteiger partial charge in [-0.3, -0.25) is 14.5 Å². The van der Waals surface area contributed by atoms with Gasteiger partial charge in [0.25, 0.3) is 11.1 Å². The number of methoxy groups -OCH3 is 1. The minimum atomic E-state index is -0.384. The van der Waals surface area contributed by atoms with Gasteiger partial charge in [0.2, 0.25) is 0 Å². The van der Waals surface area contributed by atoms with E-state index in [0.29, 0.717) is 34.1 Å². The largest absolute Gasteiger partial charge is 0.493 e. The first-order valence-corrected chi connectivity index (χ1v) is 9.25. The lowest BCUT2D eigenvalue weighted by Crippen LogP contribution is -2.27. The SMILES string of the molecule is C=CCOc1ccc(/C=C2\SC(=O)N(Cc3ccc(F)cc3)C2=O)cc1OC. The second-order valence-corrected chi connectivity index (χ2v) is 6.90. The molecule has 3 rings (SSSR count). The molecule has 2 aromatic rings. The monoisotopic (exact) mass is 399 g/mol. The third-order valence-corrected chi connectivity index (χ3v) is 4.88. The van der Waals surface area contributed by atoms with Crippen molar-refractivity contribution >= 4 is 29.0 Å². The Balaban J connectivity index is 1.79. The smallest absolute Gasteiger partial charge is 0.293 e.